The Bertz CT molecular complexity index is 246. The van der Waals surface area contributed by atoms with E-state index in [1.807, 2.05) is 6.92 Å². The third-order valence-corrected chi connectivity index (χ3v) is 2.89. The summed E-state index contributed by atoms with van der Waals surface area (Å²) in [6.45, 7) is 6.64. The van der Waals surface area contributed by atoms with Crippen molar-refractivity contribution in [1.82, 2.24) is 0 Å². The van der Waals surface area contributed by atoms with Crippen LogP contribution in [0.15, 0.2) is 17.6 Å². The number of aliphatic imine (C=N–C) groups is 1. The Hall–Kier alpha value is -1.03. The van der Waals surface area contributed by atoms with Crippen molar-refractivity contribution in [3.8, 4) is 12.3 Å². The van der Waals surface area contributed by atoms with Crippen LogP contribution < -0.4 is 0 Å². The molecule has 0 radical (unpaired) electrons. The van der Waals surface area contributed by atoms with Crippen molar-refractivity contribution in [3.63, 3.8) is 0 Å². The first-order chi connectivity index (χ1) is 6.77. The van der Waals surface area contributed by atoms with Crippen molar-refractivity contribution in [2.75, 3.05) is 6.54 Å². The second-order valence-electron chi connectivity index (χ2n) is 4.08. The summed E-state index contributed by atoms with van der Waals surface area (Å²) in [4.78, 5) is 4.41. The molecule has 0 aromatic rings. The summed E-state index contributed by atoms with van der Waals surface area (Å²) in [5.41, 5.74) is 0. The molecule has 1 unspecified atom stereocenters. The van der Waals surface area contributed by atoms with Crippen LogP contribution >= 0.6 is 0 Å². The highest BCUT2D eigenvalue weighted by molar-refractivity contribution is 5.62. The van der Waals surface area contributed by atoms with Crippen molar-refractivity contribution in [1.29, 1.82) is 0 Å². The third kappa shape index (κ3) is 3.03. The fourth-order valence-electron chi connectivity index (χ4n) is 1.90. The van der Waals surface area contributed by atoms with E-state index in [1.165, 1.54) is 19.3 Å². The van der Waals surface area contributed by atoms with Gasteiger partial charge in [-0.05, 0) is 25.7 Å². The van der Waals surface area contributed by atoms with Gasteiger partial charge in [-0.2, -0.15) is 0 Å². The van der Waals surface area contributed by atoms with Crippen LogP contribution in [0.25, 0.3) is 0 Å². The van der Waals surface area contributed by atoms with Gasteiger partial charge in [0.1, 0.15) is 0 Å². The highest BCUT2D eigenvalue weighted by Crippen LogP contribution is 2.30. The van der Waals surface area contributed by atoms with E-state index in [0.717, 1.165) is 6.54 Å². The van der Waals surface area contributed by atoms with Gasteiger partial charge in [-0.1, -0.05) is 12.5 Å². The zero-order valence-electron chi connectivity index (χ0n) is 8.95. The first-order valence-electron chi connectivity index (χ1n) is 5.36. The molecule has 1 nitrogen and oxygen atoms in total. The smallest absolute Gasteiger partial charge is 0.0520 e. The minimum Gasteiger partial charge on any atom is -0.296 e. The summed E-state index contributed by atoms with van der Waals surface area (Å²) in [6.07, 6.45) is 13.3. The van der Waals surface area contributed by atoms with Gasteiger partial charge in [-0.15, -0.1) is 18.9 Å². The van der Waals surface area contributed by atoms with E-state index in [1.54, 1.807) is 0 Å². The number of hydrogen-bond donors (Lipinski definition) is 0. The molecule has 1 aliphatic carbocycles. The molecule has 1 aliphatic rings. The minimum atomic E-state index is 0.259. The van der Waals surface area contributed by atoms with Crippen molar-refractivity contribution < 1.29 is 0 Å². The largest absolute Gasteiger partial charge is 0.296 e. The molecular formula is C13H19N. The molecule has 1 fully saturated rings. The maximum absolute atomic E-state index is 5.28. The summed E-state index contributed by atoms with van der Waals surface area (Å²) in [7, 11) is 0. The fourth-order valence-corrected chi connectivity index (χ4v) is 1.90. The molecule has 1 rings (SSSR count). The van der Waals surface area contributed by atoms with Crippen LogP contribution in [0.1, 0.15) is 26.2 Å². The highest BCUT2D eigenvalue weighted by Gasteiger charge is 2.22. The molecule has 76 valence electrons. The van der Waals surface area contributed by atoms with Crippen molar-refractivity contribution in [2.45, 2.75) is 26.2 Å². The van der Waals surface area contributed by atoms with Gasteiger partial charge in [0, 0.05) is 18.1 Å². The van der Waals surface area contributed by atoms with Gasteiger partial charge in [0.05, 0.1) is 6.54 Å². The average Bonchev–Trinajstić information content (AvgIpc) is 2.65. The van der Waals surface area contributed by atoms with Gasteiger partial charge in [0.25, 0.3) is 0 Å². The topological polar surface area (TPSA) is 12.4 Å². The minimum absolute atomic E-state index is 0.259. The molecule has 14 heavy (non-hydrogen) atoms. The van der Waals surface area contributed by atoms with Gasteiger partial charge in [0.2, 0.25) is 0 Å². The van der Waals surface area contributed by atoms with E-state index in [-0.39, 0.29) is 5.92 Å². The van der Waals surface area contributed by atoms with Crippen LogP contribution in [0.3, 0.4) is 0 Å². The van der Waals surface area contributed by atoms with Crippen LogP contribution in [-0.4, -0.2) is 12.8 Å². The van der Waals surface area contributed by atoms with E-state index in [4.69, 9.17) is 6.42 Å². The van der Waals surface area contributed by atoms with Crippen LogP contribution in [0.4, 0.5) is 0 Å². The van der Waals surface area contributed by atoms with Crippen molar-refractivity contribution in [2.24, 2.45) is 22.7 Å². The molecule has 0 saturated heterocycles. The van der Waals surface area contributed by atoms with E-state index >= 15 is 0 Å². The van der Waals surface area contributed by atoms with Crippen molar-refractivity contribution >= 4 is 6.21 Å². The van der Waals surface area contributed by atoms with E-state index in [0.29, 0.717) is 11.8 Å². The Balaban J connectivity index is 2.36. The molecule has 1 saturated carbocycles. The normalized spacial score (nSPS) is 28.9. The third-order valence-electron chi connectivity index (χ3n) is 2.89. The molecule has 0 spiro atoms. The Morgan fingerprint density at radius 3 is 2.93 bits per heavy atom. The summed E-state index contributed by atoms with van der Waals surface area (Å²) in [6, 6.07) is 0. The van der Waals surface area contributed by atoms with E-state index in [9.17, 15) is 0 Å². The summed E-state index contributed by atoms with van der Waals surface area (Å²) >= 11 is 0. The molecule has 3 atom stereocenters. The second-order valence-corrected chi connectivity index (χ2v) is 4.08. The van der Waals surface area contributed by atoms with Gasteiger partial charge < -0.3 is 0 Å². The lowest BCUT2D eigenvalue weighted by Crippen LogP contribution is -2.07. The van der Waals surface area contributed by atoms with E-state index < -0.39 is 0 Å². The Labute approximate surface area is 87.3 Å². The molecule has 0 aliphatic heterocycles. The lowest BCUT2D eigenvalue weighted by Gasteiger charge is -2.09. The standard InChI is InChI=1S/C13H19N/c1-4-11(3)9-14-10-13-8-6-7-12(13)5-2/h1,5,10-13H,2,6-9H2,3H3/b14-10-/t11-,12-,13?/m1/s1. The zero-order valence-corrected chi connectivity index (χ0v) is 8.95. The lowest BCUT2D eigenvalue weighted by molar-refractivity contribution is 0.597. The molecule has 0 N–H and O–H groups in total. The predicted molar refractivity (Wildman–Crippen MR) is 62.4 cm³/mol. The zero-order chi connectivity index (χ0) is 10.4. The maximum Gasteiger partial charge on any atom is 0.0520 e. The van der Waals surface area contributed by atoms with Gasteiger partial charge in [-0.25, -0.2) is 0 Å². The Morgan fingerprint density at radius 2 is 2.29 bits per heavy atom. The van der Waals surface area contributed by atoms with Crippen LogP contribution in [0, 0.1) is 30.1 Å². The first-order valence-corrected chi connectivity index (χ1v) is 5.36. The monoisotopic (exact) mass is 189 g/mol. The van der Waals surface area contributed by atoms with Crippen molar-refractivity contribution in [3.05, 3.63) is 12.7 Å². The van der Waals surface area contributed by atoms with Crippen LogP contribution in [0.2, 0.25) is 0 Å². The molecule has 0 amide bonds. The van der Waals surface area contributed by atoms with Gasteiger partial charge in [-0.3, -0.25) is 4.99 Å². The quantitative estimate of drug-likeness (QED) is 0.366. The van der Waals surface area contributed by atoms with E-state index in [2.05, 4.69) is 29.8 Å². The number of hydrogen-bond acceptors (Lipinski definition) is 1. The number of allylic oxidation sites excluding steroid dienone is 1. The molecule has 0 bridgehead atoms. The average molecular weight is 189 g/mol. The molecular weight excluding hydrogens is 170 g/mol. The molecule has 0 heterocycles. The molecule has 0 aromatic carbocycles. The molecule has 0 aromatic heterocycles. The maximum atomic E-state index is 5.28. The fraction of sp³-hybridized carbons (Fsp3) is 0.615. The summed E-state index contributed by atoms with van der Waals surface area (Å²) in [5.74, 6) is 4.19. The molecule has 1 heteroatoms. The second kappa shape index (κ2) is 5.65. The SMILES string of the molecule is C#C[C@@H](C)C/N=C\C1CCC[C@H]1C=C. The predicted octanol–water partition coefficient (Wildman–Crippen LogP) is 2.93. The van der Waals surface area contributed by atoms with Crippen LogP contribution in [0.5, 0.6) is 0 Å². The number of nitrogens with zero attached hydrogens (tertiary/aromatic N) is 1. The number of terminal acetylenes is 1. The lowest BCUT2D eigenvalue weighted by atomic mass is 9.98. The number of rotatable bonds is 4. The van der Waals surface area contributed by atoms with Gasteiger partial charge >= 0.3 is 0 Å². The first kappa shape index (κ1) is 11.0. The Morgan fingerprint density at radius 1 is 1.57 bits per heavy atom. The highest BCUT2D eigenvalue weighted by atomic mass is 14.7. The summed E-state index contributed by atoms with van der Waals surface area (Å²) < 4.78 is 0. The van der Waals surface area contributed by atoms with Crippen LogP contribution in [-0.2, 0) is 0 Å². The Kier molecular flexibility index (Phi) is 4.46. The van der Waals surface area contributed by atoms with Gasteiger partial charge in [0.15, 0.2) is 0 Å². The summed E-state index contributed by atoms with van der Waals surface area (Å²) in [5, 5.41) is 0.